The van der Waals surface area contributed by atoms with Crippen LogP contribution in [0.5, 0.6) is 11.5 Å². The van der Waals surface area contributed by atoms with Crippen LogP contribution in [-0.4, -0.2) is 119 Å². The van der Waals surface area contributed by atoms with Gasteiger partial charge < -0.3 is 44.4 Å². The second-order valence-electron chi connectivity index (χ2n) is 9.76. The summed E-state index contributed by atoms with van der Waals surface area (Å²) in [6, 6.07) is 5.83. The number of carboxylic acid groups (broad SMARTS) is 2. The second-order valence-corrected chi connectivity index (χ2v) is 9.76. The fraction of sp³-hybridized carbons (Fsp3) is 0.593. The molecule has 0 radical (unpaired) electrons. The number of hydrogen-bond acceptors (Lipinski definition) is 9. The molecule has 1 amide bonds. The van der Waals surface area contributed by atoms with Gasteiger partial charge in [0, 0.05) is 38.8 Å². The van der Waals surface area contributed by atoms with Crippen LogP contribution in [0, 0.1) is 5.92 Å². The van der Waals surface area contributed by atoms with Gasteiger partial charge in [-0.1, -0.05) is 19.9 Å². The minimum absolute atomic E-state index is 0.0146. The van der Waals surface area contributed by atoms with Crippen molar-refractivity contribution in [2.45, 2.75) is 45.0 Å². The molecular weight excluding hydrogens is 512 g/mol. The van der Waals surface area contributed by atoms with Gasteiger partial charge in [0.2, 0.25) is 5.91 Å². The highest BCUT2D eigenvalue weighted by atomic mass is 16.5. The topological polar surface area (TPSA) is 166 Å². The van der Waals surface area contributed by atoms with E-state index in [0.717, 1.165) is 43.8 Å². The van der Waals surface area contributed by atoms with Gasteiger partial charge in [-0.05, 0) is 42.5 Å². The van der Waals surface area contributed by atoms with Crippen molar-refractivity contribution < 1.29 is 49.0 Å². The van der Waals surface area contributed by atoms with E-state index in [1.165, 1.54) is 0 Å². The lowest BCUT2D eigenvalue weighted by molar-refractivity contribution is -0.165. The maximum atomic E-state index is 12.3. The van der Waals surface area contributed by atoms with Crippen LogP contribution in [0.1, 0.15) is 32.3 Å². The Hall–Kier alpha value is -3.19. The van der Waals surface area contributed by atoms with Gasteiger partial charge in [0.25, 0.3) is 0 Å². The SMILES string of the molecule is COc1cc(/C=C/C(=O)N2CCOCC2)ccc1OC1CCN(CC(C)C)CC1.O=C(O)[C@H](O)[C@@H](O)C(=O)O. The Bertz CT molecular complexity index is 951. The highest BCUT2D eigenvalue weighted by Crippen LogP contribution is 2.31. The first kappa shape index (κ1) is 32.0. The number of aliphatic carboxylic acids is 2. The number of amides is 1. The minimum Gasteiger partial charge on any atom is -0.493 e. The molecule has 2 saturated heterocycles. The van der Waals surface area contributed by atoms with Gasteiger partial charge >= 0.3 is 11.9 Å². The fourth-order valence-electron chi connectivity index (χ4n) is 4.12. The number of hydrogen-bond donors (Lipinski definition) is 4. The molecular formula is C27H40N2O10. The number of aliphatic hydroxyl groups is 2. The standard InChI is InChI=1S/C23H34N2O4.C4H6O6/c1-18(2)17-24-10-8-20(9-11-24)29-21-6-4-19(16-22(21)27-3)5-7-23(26)25-12-14-28-15-13-25;5-1(3(7)8)2(6)4(9)10/h4-7,16,18,20H,8-15,17H2,1-3H3;1-2,5-6H,(H,7,8)(H,9,10)/b7-5+;/t;1-,2-/m.1/s1. The van der Waals surface area contributed by atoms with Crippen molar-refractivity contribution in [2.75, 3.05) is 53.0 Å². The second kappa shape index (κ2) is 16.0. The van der Waals surface area contributed by atoms with E-state index in [4.69, 9.17) is 34.6 Å². The van der Waals surface area contributed by atoms with Crippen molar-refractivity contribution >= 4 is 23.9 Å². The Balaban J connectivity index is 0.000000455. The largest absolute Gasteiger partial charge is 0.493 e. The third-order valence-corrected chi connectivity index (χ3v) is 6.19. The number of methoxy groups -OCH3 is 1. The number of morpholine rings is 1. The maximum absolute atomic E-state index is 12.3. The van der Waals surface area contributed by atoms with Crippen LogP contribution in [0.4, 0.5) is 0 Å². The number of carbonyl (C=O) groups excluding carboxylic acids is 1. The summed E-state index contributed by atoms with van der Waals surface area (Å²) in [5, 5.41) is 32.5. The molecule has 2 heterocycles. The highest BCUT2D eigenvalue weighted by Gasteiger charge is 2.29. The molecule has 2 fully saturated rings. The number of nitrogens with zero attached hydrogens (tertiary/aromatic N) is 2. The summed E-state index contributed by atoms with van der Waals surface area (Å²) in [7, 11) is 1.65. The quantitative estimate of drug-likeness (QED) is 0.305. The van der Waals surface area contributed by atoms with E-state index in [2.05, 4.69) is 18.7 Å². The molecule has 12 heteroatoms. The lowest BCUT2D eigenvalue weighted by Gasteiger charge is -2.33. The van der Waals surface area contributed by atoms with Crippen molar-refractivity contribution in [3.63, 3.8) is 0 Å². The zero-order valence-electron chi connectivity index (χ0n) is 22.7. The highest BCUT2D eigenvalue weighted by molar-refractivity contribution is 5.92. The number of rotatable bonds is 10. The summed E-state index contributed by atoms with van der Waals surface area (Å²) in [5.74, 6) is -1.35. The first-order valence-corrected chi connectivity index (χ1v) is 12.9. The van der Waals surface area contributed by atoms with Crippen LogP contribution in [0.2, 0.25) is 0 Å². The Morgan fingerprint density at radius 3 is 2.10 bits per heavy atom. The van der Waals surface area contributed by atoms with E-state index >= 15 is 0 Å². The summed E-state index contributed by atoms with van der Waals surface area (Å²) in [6.07, 6.45) is 1.20. The van der Waals surface area contributed by atoms with Crippen LogP contribution in [-0.2, 0) is 19.1 Å². The minimum atomic E-state index is -2.27. The number of aliphatic hydroxyl groups excluding tert-OH is 2. The van der Waals surface area contributed by atoms with Crippen molar-refractivity contribution in [3.8, 4) is 11.5 Å². The molecule has 2 aliphatic heterocycles. The summed E-state index contributed by atoms with van der Waals surface area (Å²) >= 11 is 0. The smallest absolute Gasteiger partial charge is 0.335 e. The molecule has 0 aliphatic carbocycles. The third-order valence-electron chi connectivity index (χ3n) is 6.19. The third kappa shape index (κ3) is 10.8. The van der Waals surface area contributed by atoms with Gasteiger partial charge in [0.05, 0.1) is 20.3 Å². The van der Waals surface area contributed by atoms with E-state index in [1.54, 1.807) is 18.1 Å². The molecule has 218 valence electrons. The normalized spacial score (nSPS) is 18.3. The molecule has 0 saturated carbocycles. The number of carboxylic acids is 2. The molecule has 2 aliphatic rings. The fourth-order valence-corrected chi connectivity index (χ4v) is 4.12. The lowest BCUT2D eigenvalue weighted by atomic mass is 10.1. The average Bonchev–Trinajstić information content (AvgIpc) is 2.92. The van der Waals surface area contributed by atoms with Crippen LogP contribution in [0.3, 0.4) is 0 Å². The predicted molar refractivity (Wildman–Crippen MR) is 142 cm³/mol. The number of piperidine rings is 1. The zero-order valence-corrected chi connectivity index (χ0v) is 22.7. The van der Waals surface area contributed by atoms with Gasteiger partial charge in [0.15, 0.2) is 23.7 Å². The van der Waals surface area contributed by atoms with E-state index in [1.807, 2.05) is 24.3 Å². The van der Waals surface area contributed by atoms with E-state index in [0.29, 0.717) is 38.0 Å². The van der Waals surface area contributed by atoms with Gasteiger partial charge in [-0.2, -0.15) is 0 Å². The molecule has 0 spiro atoms. The Labute approximate surface area is 228 Å². The zero-order chi connectivity index (χ0) is 28.9. The summed E-state index contributed by atoms with van der Waals surface area (Å²) in [4.78, 5) is 36.1. The number of likely N-dealkylation sites (tertiary alicyclic amines) is 1. The van der Waals surface area contributed by atoms with Crippen LogP contribution >= 0.6 is 0 Å². The summed E-state index contributed by atoms with van der Waals surface area (Å²) in [5.41, 5.74) is 0.919. The van der Waals surface area contributed by atoms with Gasteiger partial charge in [-0.15, -0.1) is 0 Å². The van der Waals surface area contributed by atoms with Crippen LogP contribution in [0.15, 0.2) is 24.3 Å². The van der Waals surface area contributed by atoms with Crippen molar-refractivity contribution in [1.29, 1.82) is 0 Å². The van der Waals surface area contributed by atoms with Gasteiger partial charge in [-0.25, -0.2) is 9.59 Å². The number of benzene rings is 1. The van der Waals surface area contributed by atoms with Gasteiger partial charge in [0.1, 0.15) is 6.10 Å². The van der Waals surface area contributed by atoms with Crippen LogP contribution < -0.4 is 9.47 Å². The molecule has 3 rings (SSSR count). The molecule has 1 aromatic carbocycles. The molecule has 0 unspecified atom stereocenters. The molecule has 0 aromatic heterocycles. The first-order valence-electron chi connectivity index (χ1n) is 12.9. The Morgan fingerprint density at radius 2 is 1.59 bits per heavy atom. The summed E-state index contributed by atoms with van der Waals surface area (Å²) in [6.45, 7) is 10.3. The van der Waals surface area contributed by atoms with Crippen molar-refractivity contribution in [3.05, 3.63) is 29.8 Å². The first-order chi connectivity index (χ1) is 18.5. The van der Waals surface area contributed by atoms with Gasteiger partial charge in [-0.3, -0.25) is 4.79 Å². The molecule has 4 N–H and O–H groups in total. The summed E-state index contributed by atoms with van der Waals surface area (Å²) < 4.78 is 17.1. The van der Waals surface area contributed by atoms with Crippen molar-refractivity contribution in [2.24, 2.45) is 5.92 Å². The molecule has 1 aromatic rings. The Morgan fingerprint density at radius 1 is 1.00 bits per heavy atom. The molecule has 12 nitrogen and oxygen atoms in total. The average molecular weight is 553 g/mol. The number of ether oxygens (including phenoxy) is 3. The maximum Gasteiger partial charge on any atom is 0.335 e. The van der Waals surface area contributed by atoms with E-state index in [9.17, 15) is 14.4 Å². The predicted octanol–water partition coefficient (Wildman–Crippen LogP) is 0.944. The molecule has 0 bridgehead atoms. The monoisotopic (exact) mass is 552 g/mol. The Kier molecular flexibility index (Phi) is 13.2. The van der Waals surface area contributed by atoms with E-state index < -0.39 is 24.1 Å². The number of carbonyl (C=O) groups is 3. The van der Waals surface area contributed by atoms with E-state index in [-0.39, 0.29) is 12.0 Å². The molecule has 2 atom stereocenters. The molecule has 39 heavy (non-hydrogen) atoms. The van der Waals surface area contributed by atoms with Crippen molar-refractivity contribution in [1.82, 2.24) is 9.80 Å². The lowest BCUT2D eigenvalue weighted by Crippen LogP contribution is -2.39. The van der Waals surface area contributed by atoms with Crippen LogP contribution in [0.25, 0.3) is 6.08 Å².